The van der Waals surface area contributed by atoms with Crippen LogP contribution in [0, 0.1) is 5.82 Å². The van der Waals surface area contributed by atoms with Crippen molar-refractivity contribution in [1.82, 2.24) is 0 Å². The molecule has 0 aliphatic heterocycles. The molecule has 0 aliphatic rings. The number of para-hydroxylation sites is 1. The fourth-order valence-electron chi connectivity index (χ4n) is 2.00. The van der Waals surface area contributed by atoms with E-state index in [9.17, 15) is 4.39 Å². The average Bonchev–Trinajstić information content (AvgIpc) is 2.50. The SMILES string of the molecule is N/C(CC(Nc1c(F)cccc1Br)c1ccccc1)=N/O. The Morgan fingerprint density at radius 2 is 1.95 bits per heavy atom. The average molecular weight is 352 g/mol. The number of anilines is 1. The highest BCUT2D eigenvalue weighted by Crippen LogP contribution is 2.30. The number of halogens is 2. The zero-order valence-electron chi connectivity index (χ0n) is 11.1. The van der Waals surface area contributed by atoms with Crippen LogP contribution in [0.2, 0.25) is 0 Å². The second-order valence-electron chi connectivity index (χ2n) is 4.50. The van der Waals surface area contributed by atoms with Crippen LogP contribution in [0.25, 0.3) is 0 Å². The van der Waals surface area contributed by atoms with Crippen LogP contribution in [0.15, 0.2) is 58.2 Å². The van der Waals surface area contributed by atoms with Crippen molar-refractivity contribution in [1.29, 1.82) is 0 Å². The van der Waals surface area contributed by atoms with E-state index in [2.05, 4.69) is 26.4 Å². The Balaban J connectivity index is 2.32. The molecule has 110 valence electrons. The highest BCUT2D eigenvalue weighted by Gasteiger charge is 2.17. The lowest BCUT2D eigenvalue weighted by molar-refractivity contribution is 0.316. The van der Waals surface area contributed by atoms with Gasteiger partial charge in [-0.05, 0) is 33.6 Å². The van der Waals surface area contributed by atoms with Gasteiger partial charge in [0.1, 0.15) is 11.7 Å². The van der Waals surface area contributed by atoms with Crippen LogP contribution >= 0.6 is 15.9 Å². The Morgan fingerprint density at radius 3 is 2.57 bits per heavy atom. The third-order valence-corrected chi connectivity index (χ3v) is 3.69. The minimum Gasteiger partial charge on any atom is -0.409 e. The van der Waals surface area contributed by atoms with Gasteiger partial charge in [-0.1, -0.05) is 41.6 Å². The first-order valence-corrected chi connectivity index (χ1v) is 7.13. The molecule has 0 saturated heterocycles. The van der Waals surface area contributed by atoms with Crippen molar-refractivity contribution in [2.45, 2.75) is 12.5 Å². The van der Waals surface area contributed by atoms with E-state index in [1.165, 1.54) is 6.07 Å². The van der Waals surface area contributed by atoms with Crippen LogP contribution in [-0.2, 0) is 0 Å². The zero-order valence-corrected chi connectivity index (χ0v) is 12.7. The number of amidine groups is 1. The lowest BCUT2D eigenvalue weighted by atomic mass is 10.0. The highest BCUT2D eigenvalue weighted by atomic mass is 79.9. The topological polar surface area (TPSA) is 70.6 Å². The molecule has 4 nitrogen and oxygen atoms in total. The number of hydrogen-bond donors (Lipinski definition) is 3. The largest absolute Gasteiger partial charge is 0.409 e. The third-order valence-electron chi connectivity index (χ3n) is 3.02. The van der Waals surface area contributed by atoms with Crippen molar-refractivity contribution in [2.75, 3.05) is 5.32 Å². The summed E-state index contributed by atoms with van der Waals surface area (Å²) in [6.07, 6.45) is 0.251. The number of hydrogen-bond acceptors (Lipinski definition) is 3. The molecule has 4 N–H and O–H groups in total. The van der Waals surface area contributed by atoms with Crippen LogP contribution in [0.3, 0.4) is 0 Å². The second-order valence-corrected chi connectivity index (χ2v) is 5.35. The van der Waals surface area contributed by atoms with Crippen LogP contribution in [0.5, 0.6) is 0 Å². The number of nitrogens with two attached hydrogens (primary N) is 1. The summed E-state index contributed by atoms with van der Waals surface area (Å²) in [5, 5.41) is 14.9. The molecule has 0 radical (unpaired) electrons. The maximum atomic E-state index is 13.9. The summed E-state index contributed by atoms with van der Waals surface area (Å²) in [5.74, 6) is -0.298. The van der Waals surface area contributed by atoms with Gasteiger partial charge in [0.05, 0.1) is 11.7 Å². The smallest absolute Gasteiger partial charge is 0.147 e. The molecule has 0 aliphatic carbocycles. The van der Waals surface area contributed by atoms with Crippen LogP contribution in [0.4, 0.5) is 10.1 Å². The molecule has 0 amide bonds. The van der Waals surface area contributed by atoms with Gasteiger partial charge < -0.3 is 16.3 Å². The summed E-state index contributed by atoms with van der Waals surface area (Å²) in [6, 6.07) is 13.9. The van der Waals surface area contributed by atoms with Crippen LogP contribution in [-0.4, -0.2) is 11.0 Å². The molecule has 1 unspecified atom stereocenters. The van der Waals surface area contributed by atoms with Crippen molar-refractivity contribution >= 4 is 27.5 Å². The van der Waals surface area contributed by atoms with Crippen molar-refractivity contribution in [2.24, 2.45) is 10.9 Å². The van der Waals surface area contributed by atoms with Gasteiger partial charge in [0.25, 0.3) is 0 Å². The molecular formula is C15H15BrFN3O. The molecule has 0 fully saturated rings. The molecule has 6 heteroatoms. The lowest BCUT2D eigenvalue weighted by Gasteiger charge is -2.21. The molecular weight excluding hydrogens is 337 g/mol. The van der Waals surface area contributed by atoms with Gasteiger partial charge in [-0.15, -0.1) is 0 Å². The minimum atomic E-state index is -0.371. The Kier molecular flexibility index (Phi) is 5.16. The normalized spacial score (nSPS) is 13.0. The number of benzene rings is 2. The number of rotatable bonds is 5. The van der Waals surface area contributed by atoms with Gasteiger partial charge in [-0.25, -0.2) is 4.39 Å². The quantitative estimate of drug-likeness (QED) is 0.331. The highest BCUT2D eigenvalue weighted by molar-refractivity contribution is 9.10. The van der Waals surface area contributed by atoms with Gasteiger partial charge in [0.2, 0.25) is 0 Å². The van der Waals surface area contributed by atoms with E-state index in [1.54, 1.807) is 12.1 Å². The lowest BCUT2D eigenvalue weighted by Crippen LogP contribution is -2.21. The zero-order chi connectivity index (χ0) is 15.2. The first-order valence-electron chi connectivity index (χ1n) is 6.33. The second kappa shape index (κ2) is 7.08. The summed E-state index contributed by atoms with van der Waals surface area (Å²) in [6.45, 7) is 0. The number of nitrogens with one attached hydrogen (secondary N) is 1. The van der Waals surface area contributed by atoms with Crippen molar-refractivity contribution < 1.29 is 9.60 Å². The molecule has 21 heavy (non-hydrogen) atoms. The van der Waals surface area contributed by atoms with Crippen molar-refractivity contribution in [3.8, 4) is 0 Å². The maximum Gasteiger partial charge on any atom is 0.147 e. The number of nitrogens with zero attached hydrogens (tertiary/aromatic N) is 1. The molecule has 2 aromatic rings. The Bertz CT molecular complexity index is 614. The van der Waals surface area contributed by atoms with E-state index in [0.29, 0.717) is 10.2 Å². The molecule has 2 aromatic carbocycles. The molecule has 0 bridgehead atoms. The van der Waals surface area contributed by atoms with E-state index in [1.807, 2.05) is 30.3 Å². The van der Waals surface area contributed by atoms with Crippen LogP contribution in [0.1, 0.15) is 18.0 Å². The van der Waals surface area contributed by atoms with Crippen molar-refractivity contribution in [3.63, 3.8) is 0 Å². The summed E-state index contributed by atoms with van der Waals surface area (Å²) in [7, 11) is 0. The fraction of sp³-hybridized carbons (Fsp3) is 0.133. The van der Waals surface area contributed by atoms with Gasteiger partial charge in [0.15, 0.2) is 0 Å². The van der Waals surface area contributed by atoms with E-state index < -0.39 is 0 Å². The molecule has 0 spiro atoms. The summed E-state index contributed by atoms with van der Waals surface area (Å²) in [5.41, 5.74) is 6.86. The Hall–Kier alpha value is -2.08. The predicted octanol–water partition coefficient (Wildman–Crippen LogP) is 3.88. The summed E-state index contributed by atoms with van der Waals surface area (Å²) < 4.78 is 14.6. The minimum absolute atomic E-state index is 0.0730. The van der Waals surface area contributed by atoms with Gasteiger partial charge in [-0.2, -0.15) is 0 Å². The molecule has 0 heterocycles. The van der Waals surface area contributed by atoms with E-state index in [4.69, 9.17) is 10.9 Å². The fourth-order valence-corrected chi connectivity index (χ4v) is 2.45. The van der Waals surface area contributed by atoms with Gasteiger partial charge in [0, 0.05) is 10.9 Å². The standard InChI is InChI=1S/C15H15BrFN3O/c16-11-7-4-8-12(17)15(11)19-13(9-14(18)20-21)10-5-2-1-3-6-10/h1-8,13,19,21H,9H2,(H2,18,20). The monoisotopic (exact) mass is 351 g/mol. The third kappa shape index (κ3) is 3.95. The Labute approximate surface area is 130 Å². The van der Waals surface area contributed by atoms with Gasteiger partial charge >= 0.3 is 0 Å². The molecule has 0 saturated carbocycles. The summed E-state index contributed by atoms with van der Waals surface area (Å²) in [4.78, 5) is 0. The van der Waals surface area contributed by atoms with E-state index in [0.717, 1.165) is 5.56 Å². The Morgan fingerprint density at radius 1 is 1.24 bits per heavy atom. The predicted molar refractivity (Wildman–Crippen MR) is 84.9 cm³/mol. The van der Waals surface area contributed by atoms with Gasteiger partial charge in [-0.3, -0.25) is 0 Å². The summed E-state index contributed by atoms with van der Waals surface area (Å²) >= 11 is 3.32. The first-order chi connectivity index (χ1) is 10.1. The molecule has 1 atom stereocenters. The number of oxime groups is 1. The van der Waals surface area contributed by atoms with Crippen LogP contribution < -0.4 is 11.1 Å². The molecule has 0 aromatic heterocycles. The van der Waals surface area contributed by atoms with E-state index in [-0.39, 0.29) is 24.1 Å². The first kappa shape index (κ1) is 15.3. The molecule has 2 rings (SSSR count). The van der Waals surface area contributed by atoms with Crippen molar-refractivity contribution in [3.05, 3.63) is 64.4 Å². The van der Waals surface area contributed by atoms with E-state index >= 15 is 0 Å². The maximum absolute atomic E-state index is 13.9.